The number of allylic oxidation sites excluding steroid dienone is 2. The van der Waals surface area contributed by atoms with Gasteiger partial charge < -0.3 is 0 Å². The molecule has 0 atom stereocenters. The summed E-state index contributed by atoms with van der Waals surface area (Å²) in [5.74, 6) is -0.787. The minimum atomic E-state index is -0.527. The van der Waals surface area contributed by atoms with Crippen LogP contribution in [0.15, 0.2) is 46.6 Å². The molecular formula is C16H16N2O4. The first-order valence-electron chi connectivity index (χ1n) is 6.74. The van der Waals surface area contributed by atoms with Gasteiger partial charge in [0.1, 0.15) is 0 Å². The van der Waals surface area contributed by atoms with Crippen LogP contribution < -0.4 is 4.90 Å². The Morgan fingerprint density at radius 2 is 1.32 bits per heavy atom. The maximum Gasteiger partial charge on any atom is 0.269 e. The van der Waals surface area contributed by atoms with Gasteiger partial charge >= 0.3 is 0 Å². The summed E-state index contributed by atoms with van der Waals surface area (Å²) in [6.07, 6.45) is 0. The summed E-state index contributed by atoms with van der Waals surface area (Å²) >= 11 is 0. The van der Waals surface area contributed by atoms with Gasteiger partial charge in [-0.15, -0.1) is 0 Å². The van der Waals surface area contributed by atoms with Crippen LogP contribution in [-0.2, 0) is 9.59 Å². The van der Waals surface area contributed by atoms with Crippen molar-refractivity contribution in [2.45, 2.75) is 27.7 Å². The normalized spacial score (nSPS) is 14.6. The van der Waals surface area contributed by atoms with Crippen molar-refractivity contribution in [1.29, 1.82) is 0 Å². The molecule has 1 heterocycles. The lowest BCUT2D eigenvalue weighted by atomic mass is 10.0. The quantitative estimate of drug-likeness (QED) is 0.364. The second kappa shape index (κ2) is 5.55. The number of hydrogen-bond donors (Lipinski definition) is 0. The van der Waals surface area contributed by atoms with Gasteiger partial charge in [-0.3, -0.25) is 19.7 Å². The van der Waals surface area contributed by atoms with Crippen LogP contribution in [0.25, 0.3) is 0 Å². The second-order valence-corrected chi connectivity index (χ2v) is 5.47. The molecule has 1 aromatic rings. The van der Waals surface area contributed by atoms with Crippen molar-refractivity contribution in [1.82, 2.24) is 0 Å². The molecule has 0 spiro atoms. The van der Waals surface area contributed by atoms with Crippen LogP contribution in [0.4, 0.5) is 11.4 Å². The monoisotopic (exact) mass is 300 g/mol. The summed E-state index contributed by atoms with van der Waals surface area (Å²) in [4.78, 5) is 36.4. The van der Waals surface area contributed by atoms with Crippen molar-refractivity contribution < 1.29 is 14.5 Å². The van der Waals surface area contributed by atoms with E-state index in [0.29, 0.717) is 16.8 Å². The highest BCUT2D eigenvalue weighted by atomic mass is 16.6. The number of nitro benzene ring substituents is 1. The Bertz CT molecular complexity index is 698. The molecule has 1 aliphatic heterocycles. The zero-order chi connectivity index (χ0) is 16.6. The molecule has 6 nitrogen and oxygen atoms in total. The first-order chi connectivity index (χ1) is 10.3. The number of nitro groups is 1. The van der Waals surface area contributed by atoms with Crippen molar-refractivity contribution in [3.8, 4) is 0 Å². The number of hydrogen-bond acceptors (Lipinski definition) is 4. The molecule has 1 saturated heterocycles. The van der Waals surface area contributed by atoms with E-state index in [0.717, 1.165) is 16.0 Å². The maximum atomic E-state index is 12.6. The molecule has 0 saturated carbocycles. The molecule has 0 radical (unpaired) electrons. The number of rotatable bonds is 2. The second-order valence-electron chi connectivity index (χ2n) is 5.47. The van der Waals surface area contributed by atoms with Crippen LogP contribution in [0.3, 0.4) is 0 Å². The third kappa shape index (κ3) is 2.43. The number of carbonyl (C=O) groups excluding carboxylic acids is 2. The van der Waals surface area contributed by atoms with Crippen LogP contribution in [0.5, 0.6) is 0 Å². The molecule has 0 aromatic heterocycles. The Morgan fingerprint density at radius 3 is 1.64 bits per heavy atom. The fraction of sp³-hybridized carbons (Fsp3) is 0.250. The van der Waals surface area contributed by atoms with Crippen molar-refractivity contribution >= 4 is 23.2 Å². The lowest BCUT2D eigenvalue weighted by Crippen LogP contribution is -2.29. The van der Waals surface area contributed by atoms with E-state index in [1.165, 1.54) is 24.3 Å². The SMILES string of the molecule is CC(C)=C1C(=O)N(c2ccc([N+](=O)[O-])cc2)C(=O)C1=C(C)C. The zero-order valence-corrected chi connectivity index (χ0v) is 12.8. The Hall–Kier alpha value is -2.76. The topological polar surface area (TPSA) is 80.5 Å². The number of carbonyl (C=O) groups is 2. The summed E-state index contributed by atoms with van der Waals surface area (Å²) in [6.45, 7) is 7.12. The molecule has 0 unspecified atom stereocenters. The van der Waals surface area contributed by atoms with E-state index in [1.807, 2.05) is 0 Å². The fourth-order valence-corrected chi connectivity index (χ4v) is 2.42. The fourth-order valence-electron chi connectivity index (χ4n) is 2.42. The Morgan fingerprint density at radius 1 is 0.909 bits per heavy atom. The summed E-state index contributed by atoms with van der Waals surface area (Å²) in [5.41, 5.74) is 2.58. The standard InChI is InChI=1S/C16H16N2O4/c1-9(2)13-14(10(3)4)16(20)17(15(13)19)11-5-7-12(8-6-11)18(21)22/h5-8H,1-4H3. The van der Waals surface area contributed by atoms with Gasteiger partial charge in [0.15, 0.2) is 0 Å². The van der Waals surface area contributed by atoms with Gasteiger partial charge in [-0.25, -0.2) is 4.90 Å². The highest BCUT2D eigenvalue weighted by Gasteiger charge is 2.40. The summed E-state index contributed by atoms with van der Waals surface area (Å²) < 4.78 is 0. The van der Waals surface area contributed by atoms with E-state index >= 15 is 0 Å². The molecular weight excluding hydrogens is 284 g/mol. The van der Waals surface area contributed by atoms with Crippen LogP contribution in [0.1, 0.15) is 27.7 Å². The third-order valence-corrected chi connectivity index (χ3v) is 3.40. The number of imide groups is 1. The van der Waals surface area contributed by atoms with E-state index in [2.05, 4.69) is 0 Å². The molecule has 2 amide bonds. The first-order valence-corrected chi connectivity index (χ1v) is 6.74. The Kier molecular flexibility index (Phi) is 3.95. The van der Waals surface area contributed by atoms with Crippen LogP contribution in [0, 0.1) is 10.1 Å². The molecule has 1 fully saturated rings. The van der Waals surface area contributed by atoms with Crippen LogP contribution in [0.2, 0.25) is 0 Å². The van der Waals surface area contributed by atoms with Gasteiger partial charge in [0.25, 0.3) is 17.5 Å². The largest absolute Gasteiger partial charge is 0.269 e. The molecule has 2 rings (SSSR count). The van der Waals surface area contributed by atoms with E-state index in [4.69, 9.17) is 0 Å². The minimum Gasteiger partial charge on any atom is -0.268 e. The maximum absolute atomic E-state index is 12.6. The average Bonchev–Trinajstić information content (AvgIpc) is 2.70. The Balaban J connectivity index is 2.55. The van der Waals surface area contributed by atoms with Gasteiger partial charge in [-0.05, 0) is 39.8 Å². The highest BCUT2D eigenvalue weighted by Crippen LogP contribution is 2.34. The lowest BCUT2D eigenvalue weighted by molar-refractivity contribution is -0.384. The number of amides is 2. The van der Waals surface area contributed by atoms with Crippen molar-refractivity contribution in [3.63, 3.8) is 0 Å². The molecule has 6 heteroatoms. The van der Waals surface area contributed by atoms with E-state index in [1.54, 1.807) is 27.7 Å². The first kappa shape index (κ1) is 15.6. The number of benzene rings is 1. The molecule has 1 aliphatic rings. The van der Waals surface area contributed by atoms with Crippen molar-refractivity contribution in [2.24, 2.45) is 0 Å². The third-order valence-electron chi connectivity index (χ3n) is 3.40. The smallest absolute Gasteiger partial charge is 0.268 e. The van der Waals surface area contributed by atoms with E-state index in [-0.39, 0.29) is 5.69 Å². The van der Waals surface area contributed by atoms with E-state index < -0.39 is 16.7 Å². The van der Waals surface area contributed by atoms with Gasteiger partial charge in [0.05, 0.1) is 21.8 Å². The van der Waals surface area contributed by atoms with Gasteiger partial charge in [0, 0.05) is 12.1 Å². The van der Waals surface area contributed by atoms with Gasteiger partial charge in [-0.1, -0.05) is 11.1 Å². The van der Waals surface area contributed by atoms with Gasteiger partial charge in [0.2, 0.25) is 0 Å². The summed E-state index contributed by atoms with van der Waals surface area (Å²) in [6, 6.07) is 5.37. The average molecular weight is 300 g/mol. The van der Waals surface area contributed by atoms with Crippen molar-refractivity contribution in [2.75, 3.05) is 4.90 Å². The summed E-state index contributed by atoms with van der Waals surface area (Å²) in [7, 11) is 0. The highest BCUT2D eigenvalue weighted by molar-refractivity contribution is 6.37. The van der Waals surface area contributed by atoms with E-state index in [9.17, 15) is 19.7 Å². The number of nitrogens with zero attached hydrogens (tertiary/aromatic N) is 2. The minimum absolute atomic E-state index is 0.0901. The predicted molar refractivity (Wildman–Crippen MR) is 82.3 cm³/mol. The number of anilines is 1. The van der Waals surface area contributed by atoms with Crippen molar-refractivity contribution in [3.05, 3.63) is 56.7 Å². The van der Waals surface area contributed by atoms with Crippen LogP contribution in [-0.4, -0.2) is 16.7 Å². The lowest BCUT2D eigenvalue weighted by Gasteiger charge is -2.12. The molecule has 0 bridgehead atoms. The zero-order valence-electron chi connectivity index (χ0n) is 12.8. The van der Waals surface area contributed by atoms with Gasteiger partial charge in [-0.2, -0.15) is 0 Å². The van der Waals surface area contributed by atoms with Crippen LogP contribution >= 0.6 is 0 Å². The summed E-state index contributed by atoms with van der Waals surface area (Å²) in [5, 5.41) is 10.7. The molecule has 1 aromatic carbocycles. The number of non-ortho nitro benzene ring substituents is 1. The molecule has 22 heavy (non-hydrogen) atoms. The predicted octanol–water partition coefficient (Wildman–Crippen LogP) is 3.14. The molecule has 0 aliphatic carbocycles. The molecule has 0 N–H and O–H groups in total. The molecule has 114 valence electrons. The Labute approximate surface area is 127 Å².